The summed E-state index contributed by atoms with van der Waals surface area (Å²) in [5, 5.41) is 3.50. The van der Waals surface area contributed by atoms with E-state index < -0.39 is 0 Å². The number of amides is 1. The molecule has 1 amide bonds. The molecule has 0 bridgehead atoms. The lowest BCUT2D eigenvalue weighted by atomic mass is 10.0. The summed E-state index contributed by atoms with van der Waals surface area (Å²) in [6.45, 7) is 12.0. The molecule has 112 valence electrons. The molecule has 0 aliphatic carbocycles. The van der Waals surface area contributed by atoms with Crippen molar-refractivity contribution in [2.75, 3.05) is 6.54 Å². The molecule has 1 fully saturated rings. The molecule has 1 heterocycles. The van der Waals surface area contributed by atoms with E-state index in [0.29, 0.717) is 11.8 Å². The molecule has 1 N–H and O–H groups in total. The van der Waals surface area contributed by atoms with Gasteiger partial charge in [0.25, 0.3) is 0 Å². The van der Waals surface area contributed by atoms with E-state index in [4.69, 9.17) is 0 Å². The van der Waals surface area contributed by atoms with Crippen LogP contribution in [0.4, 0.5) is 0 Å². The van der Waals surface area contributed by atoms with Gasteiger partial charge >= 0.3 is 0 Å². The average Bonchev–Trinajstić information content (AvgIpc) is 2.61. The Hall–Kier alpha value is -0.570. The second-order valence-electron chi connectivity index (χ2n) is 6.69. The standard InChI is InChI=1S/C16H32N2O/c1-6-15-17-14(11-13(4)5)16(19)18(15)10-8-7-9-12(2)3/h12-15,17H,6-11H2,1-5H3. The quantitative estimate of drug-likeness (QED) is 0.684. The molecular formula is C16H32N2O. The summed E-state index contributed by atoms with van der Waals surface area (Å²) in [7, 11) is 0. The minimum atomic E-state index is 0.0510. The molecule has 0 aromatic heterocycles. The molecule has 0 saturated carbocycles. The zero-order valence-corrected chi connectivity index (χ0v) is 13.4. The molecular weight excluding hydrogens is 236 g/mol. The van der Waals surface area contributed by atoms with Gasteiger partial charge in [-0.1, -0.05) is 47.5 Å². The Balaban J connectivity index is 2.43. The Kier molecular flexibility index (Phi) is 6.84. The fourth-order valence-corrected chi connectivity index (χ4v) is 2.83. The highest BCUT2D eigenvalue weighted by molar-refractivity contribution is 5.84. The van der Waals surface area contributed by atoms with Crippen LogP contribution in [0.5, 0.6) is 0 Å². The SMILES string of the molecule is CCC1NC(CC(C)C)C(=O)N1CCCCC(C)C. The first-order chi connectivity index (χ1) is 8.95. The molecule has 1 aliphatic rings. The summed E-state index contributed by atoms with van der Waals surface area (Å²) in [5.41, 5.74) is 0. The van der Waals surface area contributed by atoms with Crippen molar-refractivity contribution in [2.24, 2.45) is 11.8 Å². The second kappa shape index (κ2) is 7.88. The van der Waals surface area contributed by atoms with Gasteiger partial charge in [-0.05, 0) is 31.1 Å². The summed E-state index contributed by atoms with van der Waals surface area (Å²) < 4.78 is 0. The number of nitrogens with one attached hydrogen (secondary N) is 1. The van der Waals surface area contributed by atoms with E-state index in [0.717, 1.165) is 31.7 Å². The number of hydrogen-bond donors (Lipinski definition) is 1. The number of nitrogens with zero attached hydrogens (tertiary/aromatic N) is 1. The molecule has 0 radical (unpaired) electrons. The van der Waals surface area contributed by atoms with Gasteiger partial charge in [-0.2, -0.15) is 0 Å². The van der Waals surface area contributed by atoms with Crippen molar-refractivity contribution in [2.45, 2.75) is 78.9 Å². The maximum atomic E-state index is 12.4. The number of unbranched alkanes of at least 4 members (excludes halogenated alkanes) is 1. The maximum Gasteiger partial charge on any atom is 0.241 e. The van der Waals surface area contributed by atoms with Crippen LogP contribution in [-0.4, -0.2) is 29.6 Å². The molecule has 2 unspecified atom stereocenters. The molecule has 2 atom stereocenters. The van der Waals surface area contributed by atoms with Gasteiger partial charge in [-0.3, -0.25) is 10.1 Å². The van der Waals surface area contributed by atoms with Gasteiger partial charge in [0.05, 0.1) is 12.2 Å². The van der Waals surface area contributed by atoms with E-state index >= 15 is 0 Å². The lowest BCUT2D eigenvalue weighted by Crippen LogP contribution is -2.37. The molecule has 3 nitrogen and oxygen atoms in total. The van der Waals surface area contributed by atoms with E-state index in [2.05, 4.69) is 44.8 Å². The molecule has 1 saturated heterocycles. The number of carbonyl (C=O) groups is 1. The minimum absolute atomic E-state index is 0.0510. The first-order valence-corrected chi connectivity index (χ1v) is 8.02. The van der Waals surface area contributed by atoms with E-state index in [-0.39, 0.29) is 12.2 Å². The first kappa shape index (κ1) is 16.5. The maximum absolute atomic E-state index is 12.4. The topological polar surface area (TPSA) is 32.3 Å². The predicted octanol–water partition coefficient (Wildman–Crippen LogP) is 3.40. The van der Waals surface area contributed by atoms with Crippen molar-refractivity contribution >= 4 is 5.91 Å². The van der Waals surface area contributed by atoms with E-state index in [1.165, 1.54) is 12.8 Å². The highest BCUT2D eigenvalue weighted by atomic mass is 16.2. The first-order valence-electron chi connectivity index (χ1n) is 8.02. The third kappa shape index (κ3) is 5.13. The van der Waals surface area contributed by atoms with Crippen LogP contribution in [0.15, 0.2) is 0 Å². The Morgan fingerprint density at radius 2 is 1.84 bits per heavy atom. The van der Waals surface area contributed by atoms with Crippen LogP contribution in [0.2, 0.25) is 0 Å². The van der Waals surface area contributed by atoms with Gasteiger partial charge in [-0.25, -0.2) is 0 Å². The smallest absolute Gasteiger partial charge is 0.241 e. The van der Waals surface area contributed by atoms with E-state index in [9.17, 15) is 4.79 Å². The highest BCUT2D eigenvalue weighted by Crippen LogP contribution is 2.20. The molecule has 19 heavy (non-hydrogen) atoms. The minimum Gasteiger partial charge on any atom is -0.326 e. The molecule has 0 aromatic rings. The second-order valence-corrected chi connectivity index (χ2v) is 6.69. The predicted molar refractivity (Wildman–Crippen MR) is 80.9 cm³/mol. The Morgan fingerprint density at radius 1 is 1.16 bits per heavy atom. The van der Waals surface area contributed by atoms with Crippen molar-refractivity contribution in [3.8, 4) is 0 Å². The molecule has 1 aliphatic heterocycles. The molecule has 1 rings (SSSR count). The van der Waals surface area contributed by atoms with Crippen molar-refractivity contribution in [1.29, 1.82) is 0 Å². The van der Waals surface area contributed by atoms with Crippen molar-refractivity contribution < 1.29 is 4.79 Å². The zero-order valence-electron chi connectivity index (χ0n) is 13.4. The third-order valence-corrected chi connectivity index (χ3v) is 3.88. The zero-order chi connectivity index (χ0) is 14.4. The lowest BCUT2D eigenvalue weighted by Gasteiger charge is -2.23. The van der Waals surface area contributed by atoms with Crippen LogP contribution < -0.4 is 5.32 Å². The largest absolute Gasteiger partial charge is 0.326 e. The highest BCUT2D eigenvalue weighted by Gasteiger charge is 2.37. The van der Waals surface area contributed by atoms with Crippen LogP contribution in [-0.2, 0) is 4.79 Å². The van der Waals surface area contributed by atoms with E-state index in [1.807, 2.05) is 0 Å². The van der Waals surface area contributed by atoms with E-state index in [1.54, 1.807) is 0 Å². The van der Waals surface area contributed by atoms with Crippen molar-refractivity contribution in [1.82, 2.24) is 10.2 Å². The Morgan fingerprint density at radius 3 is 2.37 bits per heavy atom. The van der Waals surface area contributed by atoms with Crippen LogP contribution in [0.25, 0.3) is 0 Å². The number of hydrogen-bond acceptors (Lipinski definition) is 2. The third-order valence-electron chi connectivity index (χ3n) is 3.88. The Labute approximate surface area is 119 Å². The normalized spacial score (nSPS) is 23.9. The van der Waals surface area contributed by atoms with Gasteiger partial charge in [-0.15, -0.1) is 0 Å². The van der Waals surface area contributed by atoms with Crippen LogP contribution >= 0.6 is 0 Å². The van der Waals surface area contributed by atoms with Gasteiger partial charge in [0.2, 0.25) is 5.91 Å². The van der Waals surface area contributed by atoms with Crippen molar-refractivity contribution in [3.05, 3.63) is 0 Å². The summed E-state index contributed by atoms with van der Waals surface area (Å²) >= 11 is 0. The van der Waals surface area contributed by atoms with Crippen LogP contribution in [0.1, 0.15) is 66.7 Å². The monoisotopic (exact) mass is 268 g/mol. The van der Waals surface area contributed by atoms with Crippen LogP contribution in [0, 0.1) is 11.8 Å². The summed E-state index contributed by atoms with van der Waals surface area (Å²) in [6, 6.07) is 0.0510. The fraction of sp³-hybridized carbons (Fsp3) is 0.938. The van der Waals surface area contributed by atoms with Gasteiger partial charge in [0, 0.05) is 6.54 Å². The summed E-state index contributed by atoms with van der Waals surface area (Å²) in [4.78, 5) is 14.5. The van der Waals surface area contributed by atoms with Crippen LogP contribution in [0.3, 0.4) is 0 Å². The lowest BCUT2D eigenvalue weighted by molar-refractivity contribution is -0.130. The summed E-state index contributed by atoms with van der Waals surface area (Å²) in [5.74, 6) is 1.66. The molecule has 0 spiro atoms. The van der Waals surface area contributed by atoms with Gasteiger partial charge in [0.1, 0.15) is 0 Å². The molecule has 3 heteroatoms. The fourth-order valence-electron chi connectivity index (χ4n) is 2.83. The Bertz CT molecular complexity index is 276. The van der Waals surface area contributed by atoms with Gasteiger partial charge in [0.15, 0.2) is 0 Å². The van der Waals surface area contributed by atoms with Gasteiger partial charge < -0.3 is 4.90 Å². The molecule has 0 aromatic carbocycles. The summed E-state index contributed by atoms with van der Waals surface area (Å²) in [6.07, 6.45) is 5.85. The average molecular weight is 268 g/mol. The number of rotatable bonds is 8. The number of carbonyl (C=O) groups excluding carboxylic acids is 1. The van der Waals surface area contributed by atoms with Crippen molar-refractivity contribution in [3.63, 3.8) is 0 Å².